The molecule has 1 atom stereocenters. The second-order valence-corrected chi connectivity index (χ2v) is 7.25. The quantitative estimate of drug-likeness (QED) is 0.733. The van der Waals surface area contributed by atoms with Crippen molar-refractivity contribution in [2.24, 2.45) is 11.3 Å². The topological polar surface area (TPSA) is 20.3 Å². The van der Waals surface area contributed by atoms with Gasteiger partial charge >= 0.3 is 0 Å². The third-order valence-corrected chi connectivity index (χ3v) is 5.31. The van der Waals surface area contributed by atoms with Crippen molar-refractivity contribution in [3.63, 3.8) is 0 Å². The van der Waals surface area contributed by atoms with Gasteiger partial charge in [0.25, 0.3) is 0 Å². The minimum Gasteiger partial charge on any atom is -0.303 e. The van der Waals surface area contributed by atoms with Gasteiger partial charge in [-0.15, -0.1) is 0 Å². The molecule has 3 heteroatoms. The monoisotopic (exact) mass is 307 g/mol. The van der Waals surface area contributed by atoms with E-state index in [1.807, 2.05) is 18.2 Å². The summed E-state index contributed by atoms with van der Waals surface area (Å²) in [7, 11) is 2.11. The van der Waals surface area contributed by atoms with Crippen molar-refractivity contribution in [2.45, 2.75) is 45.6 Å². The zero-order chi connectivity index (χ0) is 15.5. The summed E-state index contributed by atoms with van der Waals surface area (Å²) in [5.74, 6) is 0.758. The van der Waals surface area contributed by atoms with Gasteiger partial charge in [-0.3, -0.25) is 4.90 Å². The van der Waals surface area contributed by atoms with E-state index in [4.69, 9.17) is 11.6 Å². The first kappa shape index (κ1) is 16.5. The Morgan fingerprint density at radius 3 is 2.67 bits per heavy atom. The van der Waals surface area contributed by atoms with Crippen LogP contribution in [0.3, 0.4) is 0 Å². The summed E-state index contributed by atoms with van der Waals surface area (Å²) in [6.07, 6.45) is 5.57. The van der Waals surface area contributed by atoms with Crippen LogP contribution in [-0.2, 0) is 4.79 Å². The maximum absolute atomic E-state index is 11.7. The highest BCUT2D eigenvalue weighted by atomic mass is 35.5. The molecule has 0 bridgehead atoms. The van der Waals surface area contributed by atoms with Gasteiger partial charge in [0.05, 0.1) is 0 Å². The fourth-order valence-corrected chi connectivity index (χ4v) is 3.50. The lowest BCUT2D eigenvalue weighted by atomic mass is 9.71. The van der Waals surface area contributed by atoms with Crippen LogP contribution >= 0.6 is 11.6 Å². The molecule has 1 aliphatic rings. The number of rotatable bonds is 5. The van der Waals surface area contributed by atoms with Gasteiger partial charge in [-0.25, -0.2) is 0 Å². The summed E-state index contributed by atoms with van der Waals surface area (Å²) >= 11 is 6.08. The normalized spacial score (nSPS) is 27.6. The van der Waals surface area contributed by atoms with E-state index in [9.17, 15) is 4.79 Å². The molecule has 0 aromatic heterocycles. The number of benzene rings is 1. The van der Waals surface area contributed by atoms with E-state index in [2.05, 4.69) is 31.9 Å². The first-order valence-corrected chi connectivity index (χ1v) is 8.25. The molecule has 1 aromatic carbocycles. The molecule has 2 nitrogen and oxygen atoms in total. The second kappa shape index (κ2) is 6.93. The summed E-state index contributed by atoms with van der Waals surface area (Å²) in [5, 5.41) is 0.768. The standard InChI is InChI=1S/C18H26ClNO/c1-14-7-9-18(13-21,10-8-14)12-20(3)15(2)16-5-4-6-17(19)11-16/h4-6,11,13-15H,7-10,12H2,1-3H3. The fraction of sp³-hybridized carbons (Fsp3) is 0.611. The Hall–Kier alpha value is -0.860. The van der Waals surface area contributed by atoms with Crippen LogP contribution < -0.4 is 0 Å². The molecule has 0 heterocycles. The summed E-state index contributed by atoms with van der Waals surface area (Å²) in [4.78, 5) is 14.0. The molecule has 116 valence electrons. The summed E-state index contributed by atoms with van der Waals surface area (Å²) in [6.45, 7) is 5.29. The minimum atomic E-state index is -0.159. The van der Waals surface area contributed by atoms with Gasteiger partial charge in [0.15, 0.2) is 0 Å². The lowest BCUT2D eigenvalue weighted by Crippen LogP contribution is -2.40. The number of nitrogens with zero attached hydrogens (tertiary/aromatic N) is 1. The summed E-state index contributed by atoms with van der Waals surface area (Å²) in [6, 6.07) is 8.26. The van der Waals surface area contributed by atoms with Crippen LogP contribution in [0, 0.1) is 11.3 Å². The Labute approximate surface area is 133 Å². The molecule has 0 N–H and O–H groups in total. The molecule has 0 saturated heterocycles. The summed E-state index contributed by atoms with van der Waals surface area (Å²) < 4.78 is 0. The van der Waals surface area contributed by atoms with Crippen molar-refractivity contribution in [2.75, 3.05) is 13.6 Å². The zero-order valence-electron chi connectivity index (χ0n) is 13.3. The Kier molecular flexibility index (Phi) is 5.45. The fourth-order valence-electron chi connectivity index (χ4n) is 3.30. The van der Waals surface area contributed by atoms with Crippen LogP contribution in [0.25, 0.3) is 0 Å². The highest BCUT2D eigenvalue weighted by Gasteiger charge is 2.35. The molecule has 1 saturated carbocycles. The van der Waals surface area contributed by atoms with Gasteiger partial charge in [-0.05, 0) is 63.3 Å². The van der Waals surface area contributed by atoms with Gasteiger partial charge in [0.2, 0.25) is 0 Å². The third kappa shape index (κ3) is 4.08. The molecule has 1 aromatic rings. The average Bonchev–Trinajstić information content (AvgIpc) is 2.49. The lowest BCUT2D eigenvalue weighted by molar-refractivity contribution is -0.119. The highest BCUT2D eigenvalue weighted by molar-refractivity contribution is 6.30. The van der Waals surface area contributed by atoms with Crippen molar-refractivity contribution in [1.29, 1.82) is 0 Å². The maximum atomic E-state index is 11.7. The molecule has 0 radical (unpaired) electrons. The van der Waals surface area contributed by atoms with Crippen LogP contribution in [0.2, 0.25) is 5.02 Å². The number of halogens is 1. The minimum absolute atomic E-state index is 0.159. The highest BCUT2D eigenvalue weighted by Crippen LogP contribution is 2.39. The molecule has 1 aliphatic carbocycles. The van der Waals surface area contributed by atoms with E-state index in [0.717, 1.165) is 43.2 Å². The van der Waals surface area contributed by atoms with Crippen molar-refractivity contribution in [3.05, 3.63) is 34.9 Å². The molecule has 1 fully saturated rings. The zero-order valence-corrected chi connectivity index (χ0v) is 14.1. The molecular weight excluding hydrogens is 282 g/mol. The molecule has 1 unspecified atom stereocenters. The van der Waals surface area contributed by atoms with Gasteiger partial charge in [-0.1, -0.05) is 30.7 Å². The Bertz CT molecular complexity index is 480. The van der Waals surface area contributed by atoms with Crippen LogP contribution in [0.15, 0.2) is 24.3 Å². The van der Waals surface area contributed by atoms with Crippen LogP contribution in [0.4, 0.5) is 0 Å². The largest absolute Gasteiger partial charge is 0.303 e. The van der Waals surface area contributed by atoms with Gasteiger partial charge < -0.3 is 4.79 Å². The van der Waals surface area contributed by atoms with Crippen molar-refractivity contribution in [1.82, 2.24) is 4.90 Å². The van der Waals surface area contributed by atoms with Crippen LogP contribution in [0.1, 0.15) is 51.1 Å². The smallest absolute Gasteiger partial charge is 0.127 e. The molecular formula is C18H26ClNO. The SMILES string of the molecule is CC1CCC(C=O)(CN(C)C(C)c2cccc(Cl)c2)CC1. The first-order valence-electron chi connectivity index (χ1n) is 7.88. The van der Waals surface area contributed by atoms with Gasteiger partial charge in [-0.2, -0.15) is 0 Å². The molecule has 21 heavy (non-hydrogen) atoms. The van der Waals surface area contributed by atoms with Gasteiger partial charge in [0.1, 0.15) is 6.29 Å². The van der Waals surface area contributed by atoms with E-state index >= 15 is 0 Å². The Balaban J connectivity index is 2.05. The maximum Gasteiger partial charge on any atom is 0.127 e. The van der Waals surface area contributed by atoms with Crippen molar-refractivity contribution < 1.29 is 4.79 Å². The van der Waals surface area contributed by atoms with E-state index in [0.29, 0.717) is 0 Å². The van der Waals surface area contributed by atoms with Crippen LogP contribution in [-0.4, -0.2) is 24.8 Å². The van der Waals surface area contributed by atoms with Crippen molar-refractivity contribution in [3.8, 4) is 0 Å². The molecule has 2 rings (SSSR count). The number of aldehydes is 1. The lowest BCUT2D eigenvalue weighted by Gasteiger charge is -2.39. The van der Waals surface area contributed by atoms with E-state index in [-0.39, 0.29) is 11.5 Å². The number of hydrogen-bond acceptors (Lipinski definition) is 2. The molecule has 0 amide bonds. The Morgan fingerprint density at radius 2 is 2.10 bits per heavy atom. The first-order chi connectivity index (χ1) is 9.96. The average molecular weight is 308 g/mol. The predicted molar refractivity (Wildman–Crippen MR) is 88.6 cm³/mol. The molecule has 0 spiro atoms. The summed E-state index contributed by atoms with van der Waals surface area (Å²) in [5.41, 5.74) is 1.05. The van der Waals surface area contributed by atoms with Crippen LogP contribution in [0.5, 0.6) is 0 Å². The number of hydrogen-bond donors (Lipinski definition) is 0. The van der Waals surface area contributed by atoms with Gasteiger partial charge in [0, 0.05) is 23.0 Å². The molecule has 0 aliphatic heterocycles. The predicted octanol–water partition coefficient (Wildman–Crippen LogP) is 4.73. The van der Waals surface area contributed by atoms with E-state index < -0.39 is 0 Å². The number of carbonyl (C=O) groups is 1. The Morgan fingerprint density at radius 1 is 1.43 bits per heavy atom. The van der Waals surface area contributed by atoms with E-state index in [1.165, 1.54) is 11.8 Å². The third-order valence-electron chi connectivity index (χ3n) is 5.08. The van der Waals surface area contributed by atoms with E-state index in [1.54, 1.807) is 0 Å². The van der Waals surface area contributed by atoms with Crippen molar-refractivity contribution >= 4 is 17.9 Å². The second-order valence-electron chi connectivity index (χ2n) is 6.81. The number of carbonyl (C=O) groups excluding carboxylic acids is 1.